The number of H-pyrrole nitrogens is 1. The molecule has 0 aliphatic carbocycles. The SMILES string of the molecule is CCCCCC(CCCCC)CC(CCC)(c1ccc(=O)[nH]n1)C(Br)(CCCCC)CCC(Cl)CCCC. The second-order valence-corrected chi connectivity index (χ2v) is 14.0. The third kappa shape index (κ3) is 12.0. The molecule has 0 bridgehead atoms. The van der Waals surface area contributed by atoms with Gasteiger partial charge in [-0.25, -0.2) is 5.10 Å². The molecule has 0 aliphatic heterocycles. The molecule has 1 aromatic rings. The molecule has 3 unspecified atom stereocenters. The van der Waals surface area contributed by atoms with Crippen molar-refractivity contribution >= 4 is 27.5 Å². The van der Waals surface area contributed by atoms with E-state index in [2.05, 4.69) is 55.6 Å². The number of hydrogen-bond donors (Lipinski definition) is 1. The number of nitrogens with one attached hydrogen (secondary N) is 1. The number of alkyl halides is 2. The summed E-state index contributed by atoms with van der Waals surface area (Å²) >= 11 is 11.4. The second-order valence-electron chi connectivity index (χ2n) is 11.9. The van der Waals surface area contributed by atoms with Gasteiger partial charge in [-0.2, -0.15) is 5.10 Å². The number of nitrogens with zero attached hydrogens (tertiary/aromatic N) is 1. The van der Waals surface area contributed by atoms with Gasteiger partial charge in [0.1, 0.15) is 0 Å². The Morgan fingerprint density at radius 2 is 1.37 bits per heavy atom. The number of hydrogen-bond acceptors (Lipinski definition) is 2. The summed E-state index contributed by atoms with van der Waals surface area (Å²) in [5, 5.41) is 7.82. The summed E-state index contributed by atoms with van der Waals surface area (Å²) in [6, 6.07) is 3.73. The molecule has 38 heavy (non-hydrogen) atoms. The van der Waals surface area contributed by atoms with Crippen LogP contribution in [0.2, 0.25) is 0 Å². The third-order valence-corrected chi connectivity index (χ3v) is 10.7. The van der Waals surface area contributed by atoms with Crippen LogP contribution in [-0.4, -0.2) is 19.9 Å². The molecule has 0 saturated carbocycles. The summed E-state index contributed by atoms with van der Waals surface area (Å²) in [6.45, 7) is 11.4. The number of rotatable bonds is 24. The molecule has 0 fully saturated rings. The summed E-state index contributed by atoms with van der Waals surface area (Å²) in [6.07, 6.45) is 24.0. The maximum atomic E-state index is 12.1. The van der Waals surface area contributed by atoms with E-state index in [-0.39, 0.29) is 20.7 Å². The Bertz CT molecular complexity index is 741. The zero-order chi connectivity index (χ0) is 28.3. The van der Waals surface area contributed by atoms with E-state index in [0.717, 1.165) is 50.6 Å². The minimum Gasteiger partial charge on any atom is -0.268 e. The Balaban J connectivity index is 3.56. The molecule has 0 aromatic carbocycles. The summed E-state index contributed by atoms with van der Waals surface area (Å²) in [5.74, 6) is 0.670. The van der Waals surface area contributed by atoms with Gasteiger partial charge in [-0.3, -0.25) is 4.79 Å². The van der Waals surface area contributed by atoms with Crippen LogP contribution in [-0.2, 0) is 5.41 Å². The van der Waals surface area contributed by atoms with E-state index in [0.29, 0.717) is 5.92 Å². The highest BCUT2D eigenvalue weighted by molar-refractivity contribution is 9.10. The van der Waals surface area contributed by atoms with Gasteiger partial charge in [-0.05, 0) is 50.5 Å². The van der Waals surface area contributed by atoms with E-state index in [1.165, 1.54) is 83.5 Å². The molecule has 0 amide bonds. The van der Waals surface area contributed by atoms with Crippen molar-refractivity contribution in [3.63, 3.8) is 0 Å². The van der Waals surface area contributed by atoms with E-state index >= 15 is 0 Å². The van der Waals surface area contributed by atoms with Gasteiger partial charge in [0, 0.05) is 21.2 Å². The van der Waals surface area contributed by atoms with Gasteiger partial charge in [0.25, 0.3) is 5.56 Å². The Labute approximate surface area is 249 Å². The zero-order valence-corrected chi connectivity index (χ0v) is 27.9. The zero-order valence-electron chi connectivity index (χ0n) is 25.6. The van der Waals surface area contributed by atoms with Crippen molar-refractivity contribution in [1.29, 1.82) is 0 Å². The minimum absolute atomic E-state index is 0.0937. The predicted molar refractivity (Wildman–Crippen MR) is 172 cm³/mol. The number of aromatic nitrogens is 2. The lowest BCUT2D eigenvalue weighted by Crippen LogP contribution is -2.50. The quantitative estimate of drug-likeness (QED) is 0.0928. The fourth-order valence-electron chi connectivity index (χ4n) is 6.43. The summed E-state index contributed by atoms with van der Waals surface area (Å²) in [7, 11) is 0. The molecular weight excluding hydrogens is 556 g/mol. The standard InChI is InChI=1S/C33H60BrClN2O/c1-6-11-15-18-28(19-16-12-7-2)27-32(24-10-5,30-21-22-31(38)37-36-30)33(34,25-17-13-8-3)26-23-29(35)20-14-9-4/h21-22,28-29H,6-20,23-27H2,1-5H3,(H,37,38). The van der Waals surface area contributed by atoms with Gasteiger partial charge in [0.2, 0.25) is 0 Å². The first-order chi connectivity index (χ1) is 18.3. The molecule has 0 saturated heterocycles. The van der Waals surface area contributed by atoms with Crippen LogP contribution in [0.25, 0.3) is 0 Å². The highest BCUT2D eigenvalue weighted by Crippen LogP contribution is 2.54. The largest absolute Gasteiger partial charge is 0.268 e. The van der Waals surface area contributed by atoms with Crippen molar-refractivity contribution in [2.45, 2.75) is 178 Å². The highest BCUT2D eigenvalue weighted by atomic mass is 79.9. The molecule has 222 valence electrons. The van der Waals surface area contributed by atoms with Gasteiger partial charge < -0.3 is 0 Å². The molecule has 0 aliphatic rings. The smallest absolute Gasteiger partial charge is 0.264 e. The first kappa shape index (κ1) is 35.7. The van der Waals surface area contributed by atoms with Gasteiger partial charge in [-0.15, -0.1) is 11.6 Å². The van der Waals surface area contributed by atoms with Crippen LogP contribution in [0.5, 0.6) is 0 Å². The fraction of sp³-hybridized carbons (Fsp3) is 0.879. The van der Waals surface area contributed by atoms with Gasteiger partial charge in [-0.1, -0.05) is 140 Å². The van der Waals surface area contributed by atoms with Crippen LogP contribution < -0.4 is 5.56 Å². The van der Waals surface area contributed by atoms with Crippen LogP contribution >= 0.6 is 27.5 Å². The van der Waals surface area contributed by atoms with E-state index in [4.69, 9.17) is 16.7 Å². The van der Waals surface area contributed by atoms with Gasteiger partial charge in [0.05, 0.1) is 5.69 Å². The molecule has 1 heterocycles. The summed E-state index contributed by atoms with van der Waals surface area (Å²) < 4.78 is -0.0937. The molecule has 3 atom stereocenters. The van der Waals surface area contributed by atoms with Crippen molar-refractivity contribution in [1.82, 2.24) is 10.2 Å². The Morgan fingerprint density at radius 1 is 0.763 bits per heavy atom. The third-order valence-electron chi connectivity index (χ3n) is 8.67. The number of unbranched alkanes of at least 4 members (excludes halogenated alkanes) is 7. The lowest BCUT2D eigenvalue weighted by Gasteiger charge is -2.50. The minimum atomic E-state index is -0.135. The molecule has 1 N–H and O–H groups in total. The first-order valence-electron chi connectivity index (χ1n) is 16.2. The van der Waals surface area contributed by atoms with Gasteiger partial charge in [0.15, 0.2) is 0 Å². The Morgan fingerprint density at radius 3 is 1.89 bits per heavy atom. The van der Waals surface area contributed by atoms with Crippen molar-refractivity contribution in [2.75, 3.05) is 0 Å². The van der Waals surface area contributed by atoms with Crippen LogP contribution in [0.4, 0.5) is 0 Å². The molecule has 0 spiro atoms. The van der Waals surface area contributed by atoms with Crippen molar-refractivity contribution in [3.05, 3.63) is 28.2 Å². The lowest BCUT2D eigenvalue weighted by atomic mass is 9.61. The van der Waals surface area contributed by atoms with Crippen LogP contribution in [0, 0.1) is 5.92 Å². The molecule has 1 rings (SSSR count). The van der Waals surface area contributed by atoms with Crippen molar-refractivity contribution in [2.24, 2.45) is 5.92 Å². The van der Waals surface area contributed by atoms with E-state index < -0.39 is 0 Å². The van der Waals surface area contributed by atoms with Crippen LogP contribution in [0.15, 0.2) is 16.9 Å². The Kier molecular flexibility index (Phi) is 19.3. The van der Waals surface area contributed by atoms with Crippen LogP contribution in [0.3, 0.4) is 0 Å². The summed E-state index contributed by atoms with van der Waals surface area (Å²) in [5.41, 5.74) is 0.820. The van der Waals surface area contributed by atoms with Crippen molar-refractivity contribution in [3.8, 4) is 0 Å². The molecule has 5 heteroatoms. The topological polar surface area (TPSA) is 45.8 Å². The maximum Gasteiger partial charge on any atom is 0.264 e. The summed E-state index contributed by atoms with van der Waals surface area (Å²) in [4.78, 5) is 12.1. The van der Waals surface area contributed by atoms with Crippen molar-refractivity contribution < 1.29 is 0 Å². The molecule has 1 aromatic heterocycles. The monoisotopic (exact) mass is 614 g/mol. The average Bonchev–Trinajstić information content (AvgIpc) is 2.91. The first-order valence-corrected chi connectivity index (χ1v) is 17.4. The maximum absolute atomic E-state index is 12.1. The molecular formula is C33H60BrClN2O. The molecule has 0 radical (unpaired) electrons. The van der Waals surface area contributed by atoms with E-state index in [1.807, 2.05) is 6.07 Å². The van der Waals surface area contributed by atoms with Crippen LogP contribution in [0.1, 0.15) is 169 Å². The highest BCUT2D eigenvalue weighted by Gasteiger charge is 2.51. The normalized spacial score (nSPS) is 15.9. The molecule has 3 nitrogen and oxygen atoms in total. The average molecular weight is 616 g/mol. The number of halogens is 2. The fourth-order valence-corrected chi connectivity index (χ4v) is 7.77. The van der Waals surface area contributed by atoms with Gasteiger partial charge >= 0.3 is 0 Å². The Hall–Kier alpha value is -0.350. The second kappa shape index (κ2) is 20.5. The lowest BCUT2D eigenvalue weighted by molar-refractivity contribution is 0.180. The number of aromatic amines is 1. The van der Waals surface area contributed by atoms with E-state index in [9.17, 15) is 4.79 Å². The predicted octanol–water partition coefficient (Wildman–Crippen LogP) is 11.3. The van der Waals surface area contributed by atoms with E-state index in [1.54, 1.807) is 6.07 Å².